The normalized spacial score (nSPS) is 10.4. The molecule has 5 nitrogen and oxygen atoms in total. The van der Waals surface area contributed by atoms with Crippen LogP contribution in [0.4, 0.5) is 11.6 Å². The average molecular weight is 359 g/mol. The summed E-state index contributed by atoms with van der Waals surface area (Å²) >= 11 is 11.8. The van der Waals surface area contributed by atoms with Crippen molar-refractivity contribution in [2.75, 3.05) is 11.1 Å². The maximum absolute atomic E-state index is 12.3. The minimum Gasteiger partial charge on any atom is -0.368 e. The Balaban J connectivity index is 1.77. The topological polar surface area (TPSA) is 80.9 Å². The highest BCUT2D eigenvalue weighted by Crippen LogP contribution is 2.22. The summed E-state index contributed by atoms with van der Waals surface area (Å²) in [7, 11) is 0. The van der Waals surface area contributed by atoms with E-state index in [9.17, 15) is 4.79 Å². The van der Waals surface area contributed by atoms with E-state index in [4.69, 9.17) is 28.9 Å². The summed E-state index contributed by atoms with van der Waals surface area (Å²) in [4.78, 5) is 20.3. The Morgan fingerprint density at radius 2 is 1.67 bits per heavy atom. The second kappa shape index (κ2) is 6.86. The van der Waals surface area contributed by atoms with E-state index in [1.807, 2.05) is 12.1 Å². The van der Waals surface area contributed by atoms with Gasteiger partial charge in [-0.2, -0.15) is 0 Å². The Labute approximate surface area is 148 Å². The molecule has 2 aromatic carbocycles. The van der Waals surface area contributed by atoms with Crippen LogP contribution in [0.5, 0.6) is 0 Å². The first-order valence-corrected chi connectivity index (χ1v) is 7.73. The van der Waals surface area contributed by atoms with Gasteiger partial charge >= 0.3 is 0 Å². The molecule has 3 N–H and O–H groups in total. The molecule has 7 heteroatoms. The molecule has 0 unspecified atom stereocenters. The van der Waals surface area contributed by atoms with Crippen LogP contribution in [0.25, 0.3) is 11.3 Å². The Morgan fingerprint density at radius 1 is 1.00 bits per heavy atom. The Bertz CT molecular complexity index is 877. The second-order valence-electron chi connectivity index (χ2n) is 4.99. The largest absolute Gasteiger partial charge is 0.368 e. The lowest BCUT2D eigenvalue weighted by molar-refractivity contribution is 0.102. The van der Waals surface area contributed by atoms with Crippen LogP contribution in [0.1, 0.15) is 10.4 Å². The number of aromatic nitrogens is 2. The first kappa shape index (κ1) is 16.2. The zero-order valence-electron chi connectivity index (χ0n) is 12.3. The van der Waals surface area contributed by atoms with E-state index >= 15 is 0 Å². The van der Waals surface area contributed by atoms with Crippen molar-refractivity contribution in [2.24, 2.45) is 0 Å². The van der Waals surface area contributed by atoms with Crippen molar-refractivity contribution in [3.8, 4) is 11.3 Å². The smallest absolute Gasteiger partial charge is 0.255 e. The van der Waals surface area contributed by atoms with Crippen LogP contribution in [0.15, 0.2) is 54.7 Å². The molecule has 0 aliphatic carbocycles. The number of anilines is 2. The average Bonchev–Trinajstić information content (AvgIpc) is 2.54. The van der Waals surface area contributed by atoms with Gasteiger partial charge in [0.25, 0.3) is 5.91 Å². The van der Waals surface area contributed by atoms with E-state index < -0.39 is 0 Å². The van der Waals surface area contributed by atoms with Crippen molar-refractivity contribution >= 4 is 40.7 Å². The number of carbonyl (C=O) groups excluding carboxylic acids is 1. The minimum atomic E-state index is -0.293. The van der Waals surface area contributed by atoms with Crippen LogP contribution in [0.3, 0.4) is 0 Å². The summed E-state index contributed by atoms with van der Waals surface area (Å²) in [5, 5.41) is 3.60. The zero-order chi connectivity index (χ0) is 17.1. The molecule has 3 rings (SSSR count). The predicted molar refractivity (Wildman–Crippen MR) is 96.3 cm³/mol. The van der Waals surface area contributed by atoms with Gasteiger partial charge in [0, 0.05) is 33.1 Å². The predicted octanol–water partition coefficient (Wildman–Crippen LogP) is 4.28. The Hall–Kier alpha value is -2.63. The van der Waals surface area contributed by atoms with Crippen molar-refractivity contribution in [2.45, 2.75) is 0 Å². The number of halogens is 2. The molecule has 1 heterocycles. The van der Waals surface area contributed by atoms with Gasteiger partial charge in [0.1, 0.15) is 0 Å². The molecule has 120 valence electrons. The number of hydrogen-bond acceptors (Lipinski definition) is 4. The molecule has 0 saturated heterocycles. The number of nitrogens with one attached hydrogen (secondary N) is 1. The molecule has 0 spiro atoms. The number of rotatable bonds is 3. The van der Waals surface area contributed by atoms with Gasteiger partial charge in [0.2, 0.25) is 5.95 Å². The van der Waals surface area contributed by atoms with E-state index in [-0.39, 0.29) is 11.9 Å². The lowest BCUT2D eigenvalue weighted by Gasteiger charge is -2.07. The highest BCUT2D eigenvalue weighted by Gasteiger charge is 2.09. The van der Waals surface area contributed by atoms with Crippen LogP contribution in [-0.4, -0.2) is 15.9 Å². The van der Waals surface area contributed by atoms with E-state index in [0.717, 1.165) is 5.56 Å². The fraction of sp³-hybridized carbons (Fsp3) is 0. The summed E-state index contributed by atoms with van der Waals surface area (Å²) in [5.41, 5.74) is 8.19. The molecular formula is C17H12Cl2N4O. The molecular weight excluding hydrogens is 347 g/mol. The lowest BCUT2D eigenvalue weighted by atomic mass is 10.1. The molecule has 0 fully saturated rings. The Morgan fingerprint density at radius 3 is 2.29 bits per heavy atom. The van der Waals surface area contributed by atoms with Gasteiger partial charge in [-0.15, -0.1) is 0 Å². The summed E-state index contributed by atoms with van der Waals surface area (Å²) in [6, 6.07) is 13.7. The quantitative estimate of drug-likeness (QED) is 0.731. The first-order chi connectivity index (χ1) is 11.5. The van der Waals surface area contributed by atoms with E-state index in [0.29, 0.717) is 27.0 Å². The summed E-state index contributed by atoms with van der Waals surface area (Å²) in [5.74, 6) is -0.0823. The second-order valence-corrected chi connectivity index (χ2v) is 5.86. The van der Waals surface area contributed by atoms with Gasteiger partial charge in [-0.1, -0.05) is 35.3 Å². The van der Waals surface area contributed by atoms with Crippen molar-refractivity contribution in [1.29, 1.82) is 0 Å². The third-order valence-corrected chi connectivity index (χ3v) is 3.67. The van der Waals surface area contributed by atoms with Crippen molar-refractivity contribution < 1.29 is 4.79 Å². The highest BCUT2D eigenvalue weighted by atomic mass is 35.5. The molecule has 0 aliphatic rings. The number of carbonyl (C=O) groups is 1. The lowest BCUT2D eigenvalue weighted by Crippen LogP contribution is -2.11. The highest BCUT2D eigenvalue weighted by molar-refractivity contribution is 6.35. The van der Waals surface area contributed by atoms with E-state index in [1.165, 1.54) is 0 Å². The summed E-state index contributed by atoms with van der Waals surface area (Å²) < 4.78 is 0. The number of nitrogens with two attached hydrogens (primary N) is 1. The van der Waals surface area contributed by atoms with Crippen LogP contribution >= 0.6 is 23.2 Å². The van der Waals surface area contributed by atoms with Crippen LogP contribution in [0.2, 0.25) is 10.0 Å². The summed E-state index contributed by atoms with van der Waals surface area (Å²) in [6.07, 6.45) is 1.59. The standard InChI is InChI=1S/C17H12Cl2N4O/c18-12-7-11(8-13(19)9-12)16(24)22-14-3-1-10(2-4-14)15-5-6-21-17(20)23-15/h1-9H,(H,22,24)(H2,20,21,23). The molecule has 1 amide bonds. The Kier molecular flexibility index (Phi) is 4.64. The van der Waals surface area contributed by atoms with Crippen molar-refractivity contribution in [1.82, 2.24) is 9.97 Å². The van der Waals surface area contributed by atoms with Crippen molar-refractivity contribution in [3.63, 3.8) is 0 Å². The van der Waals surface area contributed by atoms with Crippen LogP contribution in [0, 0.1) is 0 Å². The fourth-order valence-electron chi connectivity index (χ4n) is 2.15. The number of benzene rings is 2. The molecule has 0 bridgehead atoms. The van der Waals surface area contributed by atoms with Gasteiger partial charge < -0.3 is 11.1 Å². The maximum atomic E-state index is 12.3. The first-order valence-electron chi connectivity index (χ1n) is 6.98. The molecule has 0 radical (unpaired) electrons. The maximum Gasteiger partial charge on any atom is 0.255 e. The number of nitrogens with zero attached hydrogens (tertiary/aromatic N) is 2. The molecule has 0 atom stereocenters. The van der Waals surface area contributed by atoms with Gasteiger partial charge in [0.05, 0.1) is 5.69 Å². The van der Waals surface area contributed by atoms with Gasteiger partial charge in [-0.3, -0.25) is 4.79 Å². The molecule has 3 aromatic rings. The minimum absolute atomic E-state index is 0.211. The third kappa shape index (κ3) is 3.82. The fourth-order valence-corrected chi connectivity index (χ4v) is 2.67. The molecule has 0 aliphatic heterocycles. The molecule has 1 aromatic heterocycles. The number of hydrogen-bond donors (Lipinski definition) is 2. The van der Waals surface area contributed by atoms with E-state index in [2.05, 4.69) is 15.3 Å². The van der Waals surface area contributed by atoms with Gasteiger partial charge in [0.15, 0.2) is 0 Å². The van der Waals surface area contributed by atoms with Gasteiger partial charge in [-0.25, -0.2) is 9.97 Å². The number of amides is 1. The zero-order valence-corrected chi connectivity index (χ0v) is 13.8. The van der Waals surface area contributed by atoms with Crippen molar-refractivity contribution in [3.05, 3.63) is 70.3 Å². The molecule has 0 saturated carbocycles. The van der Waals surface area contributed by atoms with Crippen LogP contribution in [-0.2, 0) is 0 Å². The van der Waals surface area contributed by atoms with Crippen LogP contribution < -0.4 is 11.1 Å². The van der Waals surface area contributed by atoms with E-state index in [1.54, 1.807) is 42.6 Å². The summed E-state index contributed by atoms with van der Waals surface area (Å²) in [6.45, 7) is 0. The monoisotopic (exact) mass is 358 g/mol. The molecule has 24 heavy (non-hydrogen) atoms. The van der Waals surface area contributed by atoms with Gasteiger partial charge in [-0.05, 0) is 36.4 Å². The third-order valence-electron chi connectivity index (χ3n) is 3.24. The number of nitrogen functional groups attached to an aromatic ring is 1. The SMILES string of the molecule is Nc1nccc(-c2ccc(NC(=O)c3cc(Cl)cc(Cl)c3)cc2)n1.